The average Bonchev–Trinajstić information content (AvgIpc) is 1.35. The van der Waals surface area contributed by atoms with Crippen molar-refractivity contribution in [3.05, 3.63) is 0 Å². The number of hydrogen-bond acceptors (Lipinski definition) is 0. The molecule has 6 heavy (non-hydrogen) atoms. The Hall–Kier alpha value is 0.860. The highest BCUT2D eigenvalue weighted by atomic mass is 31.0. The molecule has 0 nitrogen and oxygen atoms in total. The summed E-state index contributed by atoms with van der Waals surface area (Å²) in [6.45, 7) is 2.20. The molecular formula is C4H12P2. The summed E-state index contributed by atoms with van der Waals surface area (Å²) in [4.78, 5) is 0. The first-order chi connectivity index (χ1) is 2.77. The van der Waals surface area contributed by atoms with Gasteiger partial charge in [-0.3, -0.25) is 0 Å². The van der Waals surface area contributed by atoms with E-state index in [-0.39, 0.29) is 0 Å². The van der Waals surface area contributed by atoms with Crippen molar-refractivity contribution in [3.63, 3.8) is 0 Å². The van der Waals surface area contributed by atoms with E-state index in [4.69, 9.17) is 0 Å². The Kier molecular flexibility index (Phi) is 4.61. The van der Waals surface area contributed by atoms with E-state index in [1.165, 1.54) is 12.6 Å². The Morgan fingerprint density at radius 1 is 1.67 bits per heavy atom. The molecule has 3 atom stereocenters. The molecular weight excluding hydrogens is 110 g/mol. The van der Waals surface area contributed by atoms with E-state index in [9.17, 15) is 0 Å². The van der Waals surface area contributed by atoms with E-state index in [1.807, 2.05) is 0 Å². The fraction of sp³-hybridized carbons (Fsp3) is 1.00. The largest absolute Gasteiger partial charge is 0.138 e. The first-order valence-corrected chi connectivity index (χ1v) is 3.71. The highest BCUT2D eigenvalue weighted by Gasteiger charge is 1.85. The van der Waals surface area contributed by atoms with Crippen LogP contribution in [-0.4, -0.2) is 11.8 Å². The third-order valence-corrected chi connectivity index (χ3v) is 1.29. The van der Waals surface area contributed by atoms with Crippen molar-refractivity contribution < 1.29 is 0 Å². The van der Waals surface area contributed by atoms with Gasteiger partial charge in [0.15, 0.2) is 0 Å². The molecule has 0 amide bonds. The standard InChI is InChI=1S/C4H12P2/c1-4(6)2-3-5/h4H,2-3,5-6H2,1H3. The Morgan fingerprint density at radius 2 is 2.17 bits per heavy atom. The lowest BCUT2D eigenvalue weighted by molar-refractivity contribution is 0.919. The molecule has 0 bridgehead atoms. The van der Waals surface area contributed by atoms with Crippen LogP contribution in [0.3, 0.4) is 0 Å². The van der Waals surface area contributed by atoms with E-state index in [2.05, 4.69) is 25.4 Å². The smallest absolute Gasteiger partial charge is 0.0290 e. The normalized spacial score (nSPS) is 14.5. The first-order valence-electron chi connectivity index (χ1n) is 2.23. The van der Waals surface area contributed by atoms with Crippen molar-refractivity contribution >= 4 is 18.5 Å². The lowest BCUT2D eigenvalue weighted by Crippen LogP contribution is -1.87. The van der Waals surface area contributed by atoms with Gasteiger partial charge in [0.1, 0.15) is 0 Å². The summed E-state index contributed by atoms with van der Waals surface area (Å²) in [7, 11) is 5.48. The van der Waals surface area contributed by atoms with E-state index in [0.717, 1.165) is 5.66 Å². The lowest BCUT2D eigenvalue weighted by atomic mass is 10.4. The second kappa shape index (κ2) is 4.03. The molecule has 0 N–H and O–H groups in total. The van der Waals surface area contributed by atoms with E-state index < -0.39 is 0 Å². The van der Waals surface area contributed by atoms with Gasteiger partial charge in [-0.1, -0.05) is 6.92 Å². The minimum absolute atomic E-state index is 0.794. The zero-order valence-corrected chi connectivity index (χ0v) is 6.46. The van der Waals surface area contributed by atoms with Crippen molar-refractivity contribution in [2.45, 2.75) is 19.0 Å². The second-order valence-electron chi connectivity index (χ2n) is 1.55. The van der Waals surface area contributed by atoms with Crippen LogP contribution in [0.1, 0.15) is 13.3 Å². The Labute approximate surface area is 44.5 Å². The van der Waals surface area contributed by atoms with Crippen LogP contribution in [-0.2, 0) is 0 Å². The molecule has 0 aliphatic carbocycles. The monoisotopic (exact) mass is 122 g/mol. The van der Waals surface area contributed by atoms with E-state index in [1.54, 1.807) is 0 Å². The fourth-order valence-electron chi connectivity index (χ4n) is 0.263. The van der Waals surface area contributed by atoms with Gasteiger partial charge in [-0.15, -0.1) is 18.5 Å². The van der Waals surface area contributed by atoms with Gasteiger partial charge in [0, 0.05) is 0 Å². The maximum Gasteiger partial charge on any atom is -0.0290 e. The molecule has 0 aliphatic rings. The van der Waals surface area contributed by atoms with Crippen LogP contribution in [0.4, 0.5) is 0 Å². The van der Waals surface area contributed by atoms with Gasteiger partial charge in [0.2, 0.25) is 0 Å². The van der Waals surface area contributed by atoms with Crippen LogP contribution >= 0.6 is 18.5 Å². The van der Waals surface area contributed by atoms with Gasteiger partial charge in [-0.25, -0.2) is 0 Å². The molecule has 0 spiro atoms. The van der Waals surface area contributed by atoms with E-state index >= 15 is 0 Å². The van der Waals surface area contributed by atoms with Crippen LogP contribution < -0.4 is 0 Å². The predicted molar refractivity (Wildman–Crippen MR) is 38.4 cm³/mol. The van der Waals surface area contributed by atoms with Crippen molar-refractivity contribution in [2.24, 2.45) is 0 Å². The van der Waals surface area contributed by atoms with Gasteiger partial charge in [0.25, 0.3) is 0 Å². The quantitative estimate of drug-likeness (QED) is 0.487. The van der Waals surface area contributed by atoms with Crippen LogP contribution in [0.25, 0.3) is 0 Å². The SMILES string of the molecule is CC(P)CCP. The third-order valence-electron chi connectivity index (χ3n) is 0.622. The molecule has 0 saturated carbocycles. The zero-order valence-electron chi connectivity index (χ0n) is 4.15. The summed E-state index contributed by atoms with van der Waals surface area (Å²) in [6.07, 6.45) is 2.53. The summed E-state index contributed by atoms with van der Waals surface area (Å²) >= 11 is 0. The molecule has 2 heteroatoms. The summed E-state index contributed by atoms with van der Waals surface area (Å²) in [5.41, 5.74) is 0.794. The molecule has 0 aromatic rings. The molecule has 3 unspecified atom stereocenters. The maximum atomic E-state index is 2.77. The molecule has 0 aliphatic heterocycles. The van der Waals surface area contributed by atoms with Crippen molar-refractivity contribution in [3.8, 4) is 0 Å². The maximum absolute atomic E-state index is 2.77. The summed E-state index contributed by atoms with van der Waals surface area (Å²) in [5.74, 6) is 0. The second-order valence-corrected chi connectivity index (χ2v) is 3.27. The zero-order chi connectivity index (χ0) is 4.99. The minimum atomic E-state index is 0.794. The van der Waals surface area contributed by atoms with Gasteiger partial charge >= 0.3 is 0 Å². The minimum Gasteiger partial charge on any atom is -0.138 e. The Balaban J connectivity index is 2.63. The molecule has 0 radical (unpaired) electrons. The molecule has 0 rings (SSSR count). The number of rotatable bonds is 2. The fourth-order valence-corrected chi connectivity index (χ4v) is 1.37. The van der Waals surface area contributed by atoms with E-state index in [0.29, 0.717) is 0 Å². The molecule has 0 aromatic heterocycles. The summed E-state index contributed by atoms with van der Waals surface area (Å²) in [6, 6.07) is 0. The summed E-state index contributed by atoms with van der Waals surface area (Å²) < 4.78 is 0. The number of hydrogen-bond donors (Lipinski definition) is 0. The highest BCUT2D eigenvalue weighted by Crippen LogP contribution is 2.04. The molecule has 38 valence electrons. The van der Waals surface area contributed by atoms with Crippen LogP contribution in [0, 0.1) is 0 Å². The average molecular weight is 122 g/mol. The topological polar surface area (TPSA) is 0 Å². The van der Waals surface area contributed by atoms with Gasteiger partial charge in [0.05, 0.1) is 0 Å². The predicted octanol–water partition coefficient (Wildman–Crippen LogP) is 1.52. The molecule has 0 aromatic carbocycles. The van der Waals surface area contributed by atoms with Crippen LogP contribution in [0.5, 0.6) is 0 Å². The Morgan fingerprint density at radius 3 is 2.17 bits per heavy atom. The first kappa shape index (κ1) is 6.86. The van der Waals surface area contributed by atoms with Crippen LogP contribution in [0.2, 0.25) is 0 Å². The van der Waals surface area contributed by atoms with Crippen molar-refractivity contribution in [2.75, 3.05) is 6.16 Å². The molecule has 0 heterocycles. The molecule has 0 fully saturated rings. The highest BCUT2D eigenvalue weighted by molar-refractivity contribution is 7.18. The van der Waals surface area contributed by atoms with Crippen molar-refractivity contribution in [1.29, 1.82) is 0 Å². The van der Waals surface area contributed by atoms with Crippen molar-refractivity contribution in [1.82, 2.24) is 0 Å². The van der Waals surface area contributed by atoms with Gasteiger partial charge in [-0.2, -0.15) is 0 Å². The van der Waals surface area contributed by atoms with Gasteiger partial charge in [-0.05, 0) is 18.2 Å². The summed E-state index contributed by atoms with van der Waals surface area (Å²) in [5, 5.41) is 0. The van der Waals surface area contributed by atoms with Gasteiger partial charge < -0.3 is 0 Å². The Bertz CT molecular complexity index is 26.7. The lowest BCUT2D eigenvalue weighted by Gasteiger charge is -1.95. The van der Waals surface area contributed by atoms with Crippen LogP contribution in [0.15, 0.2) is 0 Å². The third kappa shape index (κ3) is 4.86. The molecule has 0 saturated heterocycles.